The maximum absolute atomic E-state index is 12.6. The first-order valence-electron chi connectivity index (χ1n) is 16.4. The van der Waals surface area contributed by atoms with Crippen LogP contribution in [-0.2, 0) is 6.42 Å². The third kappa shape index (κ3) is 7.73. The zero-order valence-electron chi connectivity index (χ0n) is 28.0. The van der Waals surface area contributed by atoms with Gasteiger partial charge in [0.2, 0.25) is 0 Å². The molecule has 0 unspecified atom stereocenters. The summed E-state index contributed by atoms with van der Waals surface area (Å²) in [5.41, 5.74) is 11.2. The number of rotatable bonds is 4. The lowest BCUT2D eigenvalue weighted by molar-refractivity contribution is 0.0954. The maximum Gasteiger partial charge on any atom is 0.251 e. The number of benzene rings is 7. The molecular weight excluding hydrogens is 560 g/mol. The van der Waals surface area contributed by atoms with Gasteiger partial charge >= 0.3 is 0 Å². The van der Waals surface area contributed by atoms with Crippen LogP contribution in [0.4, 0.5) is 5.69 Å². The fraction of sp³-hybridized carbons (Fsp3) is 0.186. The maximum atomic E-state index is 12.6. The van der Waals surface area contributed by atoms with Crippen LogP contribution >= 0.6 is 0 Å². The first-order valence-corrected chi connectivity index (χ1v) is 16.4. The van der Waals surface area contributed by atoms with Gasteiger partial charge in [0.1, 0.15) is 0 Å². The molecule has 7 aromatic carbocycles. The highest BCUT2D eigenvalue weighted by Crippen LogP contribution is 2.30. The van der Waals surface area contributed by atoms with Gasteiger partial charge in [0.05, 0.1) is 0 Å². The van der Waals surface area contributed by atoms with Crippen molar-refractivity contribution in [1.29, 1.82) is 0 Å². The Morgan fingerprint density at radius 3 is 1.59 bits per heavy atom. The SMILES string of the molecule is CC.CC.Cc1cc2ccc(C(=O)NCCc3ccccc3)cc2c2ccccc12.Cc1cc2ccc(N)cc2c2ccccc12. The summed E-state index contributed by atoms with van der Waals surface area (Å²) in [7, 11) is 0. The van der Waals surface area contributed by atoms with Gasteiger partial charge in [-0.15, -0.1) is 0 Å². The Morgan fingerprint density at radius 1 is 0.543 bits per heavy atom. The molecule has 3 heteroatoms. The molecule has 0 aliphatic carbocycles. The molecule has 7 rings (SSSR count). The second-order valence-electron chi connectivity index (χ2n) is 10.9. The minimum atomic E-state index is -0.0208. The van der Waals surface area contributed by atoms with Crippen molar-refractivity contribution in [3.63, 3.8) is 0 Å². The average molecular weight is 607 g/mol. The standard InChI is InChI=1S/C24H21NO.C15H13N.2C2H6/c1-17-15-19-11-12-20(16-23(19)22-10-6-5-9-21(17)22)24(26)25-14-13-18-7-3-2-4-8-18;1-10-8-11-6-7-12(16)9-15(11)14-5-3-2-4-13(10)14;2*1-2/h2-12,15-16H,13-14H2,1H3,(H,25,26);2-9H,16H2,1H3;2*1-2H3. The van der Waals surface area contributed by atoms with Gasteiger partial charge in [-0.1, -0.05) is 131 Å². The van der Waals surface area contributed by atoms with Crippen molar-refractivity contribution in [2.45, 2.75) is 48.0 Å². The van der Waals surface area contributed by atoms with Crippen LogP contribution < -0.4 is 11.1 Å². The molecule has 0 heterocycles. The van der Waals surface area contributed by atoms with Crippen LogP contribution in [0.25, 0.3) is 43.1 Å². The number of anilines is 1. The van der Waals surface area contributed by atoms with E-state index >= 15 is 0 Å². The largest absolute Gasteiger partial charge is 0.399 e. The van der Waals surface area contributed by atoms with Crippen LogP contribution in [-0.4, -0.2) is 12.5 Å². The summed E-state index contributed by atoms with van der Waals surface area (Å²) in [6.07, 6.45) is 0.836. The molecule has 0 saturated carbocycles. The summed E-state index contributed by atoms with van der Waals surface area (Å²) >= 11 is 0. The third-order valence-corrected chi connectivity index (χ3v) is 7.96. The highest BCUT2D eigenvalue weighted by Gasteiger charge is 2.09. The highest BCUT2D eigenvalue weighted by molar-refractivity contribution is 6.11. The first-order chi connectivity index (χ1) is 22.5. The molecule has 0 aliphatic rings. The smallest absolute Gasteiger partial charge is 0.251 e. The van der Waals surface area contributed by atoms with Crippen LogP contribution in [0.3, 0.4) is 0 Å². The molecule has 0 aromatic heterocycles. The Morgan fingerprint density at radius 2 is 1.02 bits per heavy atom. The zero-order chi connectivity index (χ0) is 33.1. The van der Waals surface area contributed by atoms with Gasteiger partial charge in [-0.25, -0.2) is 0 Å². The highest BCUT2D eigenvalue weighted by atomic mass is 16.1. The monoisotopic (exact) mass is 606 g/mol. The molecule has 0 spiro atoms. The van der Waals surface area contributed by atoms with E-state index in [1.165, 1.54) is 54.4 Å². The van der Waals surface area contributed by atoms with Crippen LogP contribution in [0.15, 0.2) is 127 Å². The number of aryl methyl sites for hydroxylation is 2. The van der Waals surface area contributed by atoms with Crippen molar-refractivity contribution in [3.8, 4) is 0 Å². The second-order valence-corrected chi connectivity index (χ2v) is 10.9. The molecule has 46 heavy (non-hydrogen) atoms. The summed E-state index contributed by atoms with van der Waals surface area (Å²) in [5, 5.41) is 12.8. The normalized spacial score (nSPS) is 10.3. The lowest BCUT2D eigenvalue weighted by Gasteiger charge is -2.10. The van der Waals surface area contributed by atoms with Gasteiger partial charge in [0.25, 0.3) is 5.91 Å². The van der Waals surface area contributed by atoms with Crippen LogP contribution in [0, 0.1) is 13.8 Å². The van der Waals surface area contributed by atoms with E-state index in [1.54, 1.807) is 0 Å². The molecule has 0 fully saturated rings. The summed E-state index contributed by atoms with van der Waals surface area (Å²) in [4.78, 5) is 12.6. The third-order valence-electron chi connectivity index (χ3n) is 7.96. The second kappa shape index (κ2) is 16.2. The Hall–Kier alpha value is -5.15. The number of hydrogen-bond donors (Lipinski definition) is 2. The van der Waals surface area contributed by atoms with E-state index in [2.05, 4.69) is 98.0 Å². The summed E-state index contributed by atoms with van der Waals surface area (Å²) in [6.45, 7) is 12.9. The van der Waals surface area contributed by atoms with Gasteiger partial charge in [-0.3, -0.25) is 4.79 Å². The minimum Gasteiger partial charge on any atom is -0.399 e. The van der Waals surface area contributed by atoms with Crippen molar-refractivity contribution in [2.24, 2.45) is 0 Å². The number of nitrogens with one attached hydrogen (secondary N) is 1. The summed E-state index contributed by atoms with van der Waals surface area (Å²) < 4.78 is 0. The minimum absolute atomic E-state index is 0.0208. The molecule has 0 aliphatic heterocycles. The molecule has 3 N–H and O–H groups in total. The number of hydrogen-bond acceptors (Lipinski definition) is 2. The van der Waals surface area contributed by atoms with Crippen molar-refractivity contribution in [1.82, 2.24) is 5.32 Å². The van der Waals surface area contributed by atoms with Crippen molar-refractivity contribution in [2.75, 3.05) is 12.3 Å². The Labute approximate surface area is 274 Å². The van der Waals surface area contributed by atoms with Gasteiger partial charge in [-0.05, 0) is 104 Å². The zero-order valence-corrected chi connectivity index (χ0v) is 28.0. The van der Waals surface area contributed by atoms with Gasteiger partial charge < -0.3 is 11.1 Å². The van der Waals surface area contributed by atoms with Crippen LogP contribution in [0.2, 0.25) is 0 Å². The molecule has 7 aromatic rings. The van der Waals surface area contributed by atoms with Gasteiger partial charge in [0, 0.05) is 17.8 Å². The predicted octanol–water partition coefficient (Wildman–Crippen LogP) is 11.2. The Kier molecular flexibility index (Phi) is 11.9. The molecule has 0 bridgehead atoms. The molecule has 0 saturated heterocycles. The molecule has 234 valence electrons. The quantitative estimate of drug-likeness (QED) is 0.155. The van der Waals surface area contributed by atoms with E-state index in [4.69, 9.17) is 5.73 Å². The van der Waals surface area contributed by atoms with Crippen molar-refractivity contribution < 1.29 is 4.79 Å². The molecule has 1 amide bonds. The number of fused-ring (bicyclic) bond motifs is 6. The predicted molar refractivity (Wildman–Crippen MR) is 202 cm³/mol. The van der Waals surface area contributed by atoms with E-state index in [0.29, 0.717) is 12.1 Å². The Balaban J connectivity index is 0.000000205. The van der Waals surface area contributed by atoms with E-state index in [0.717, 1.165) is 17.5 Å². The number of carbonyl (C=O) groups is 1. The van der Waals surface area contributed by atoms with Crippen LogP contribution in [0.1, 0.15) is 54.7 Å². The summed E-state index contributed by atoms with van der Waals surface area (Å²) in [6, 6.07) is 43.5. The Bertz CT molecular complexity index is 2060. The lowest BCUT2D eigenvalue weighted by atomic mass is 9.96. The number of nitrogens with two attached hydrogens (primary N) is 1. The van der Waals surface area contributed by atoms with Gasteiger partial charge in [-0.2, -0.15) is 0 Å². The molecular formula is C43H46N2O. The van der Waals surface area contributed by atoms with E-state index in [9.17, 15) is 4.79 Å². The fourth-order valence-corrected chi connectivity index (χ4v) is 5.80. The fourth-order valence-electron chi connectivity index (χ4n) is 5.80. The topological polar surface area (TPSA) is 55.1 Å². The van der Waals surface area contributed by atoms with E-state index < -0.39 is 0 Å². The molecule has 0 atom stereocenters. The number of carbonyl (C=O) groups excluding carboxylic acids is 1. The molecule has 3 nitrogen and oxygen atoms in total. The van der Waals surface area contributed by atoms with E-state index in [1.807, 2.05) is 76.2 Å². The first kappa shape index (κ1) is 33.7. The van der Waals surface area contributed by atoms with Crippen LogP contribution in [0.5, 0.6) is 0 Å². The number of nitrogen functional groups attached to an aromatic ring is 1. The van der Waals surface area contributed by atoms with Crippen molar-refractivity contribution >= 4 is 54.7 Å². The van der Waals surface area contributed by atoms with E-state index in [-0.39, 0.29) is 5.91 Å². The van der Waals surface area contributed by atoms with Gasteiger partial charge in [0.15, 0.2) is 0 Å². The summed E-state index contributed by atoms with van der Waals surface area (Å²) in [5.74, 6) is -0.0208. The van der Waals surface area contributed by atoms with Crippen molar-refractivity contribution in [3.05, 3.63) is 150 Å². The average Bonchev–Trinajstić information content (AvgIpc) is 3.11. The lowest BCUT2D eigenvalue weighted by Crippen LogP contribution is -2.25. The molecule has 0 radical (unpaired) electrons. The number of amides is 1.